The first-order valence-corrected chi connectivity index (χ1v) is 10.6. The molecule has 0 atom stereocenters. The highest BCUT2D eigenvalue weighted by atomic mass is 16.5. The van der Waals surface area contributed by atoms with E-state index < -0.39 is 0 Å². The Morgan fingerprint density at radius 3 is 2.47 bits per heavy atom. The SMILES string of the molecule is COc1cc2ncn3c(-c4ccc(OCCN5CCOCC5)cc4)nnc3c2cc1OC. The fourth-order valence-corrected chi connectivity index (χ4v) is 3.87. The van der Waals surface area contributed by atoms with Crippen molar-refractivity contribution in [1.29, 1.82) is 0 Å². The fourth-order valence-electron chi connectivity index (χ4n) is 3.87. The Labute approximate surface area is 185 Å². The summed E-state index contributed by atoms with van der Waals surface area (Å²) in [5, 5.41) is 9.66. The molecule has 1 saturated heterocycles. The fraction of sp³-hybridized carbons (Fsp3) is 0.348. The van der Waals surface area contributed by atoms with Gasteiger partial charge >= 0.3 is 0 Å². The second-order valence-electron chi connectivity index (χ2n) is 7.51. The number of morpholine rings is 1. The summed E-state index contributed by atoms with van der Waals surface area (Å²) in [7, 11) is 3.21. The Bertz CT molecular complexity index is 1220. The lowest BCUT2D eigenvalue weighted by Crippen LogP contribution is -2.38. The van der Waals surface area contributed by atoms with Crippen LogP contribution in [-0.4, -0.2) is 78.2 Å². The smallest absolute Gasteiger partial charge is 0.171 e. The molecule has 0 aliphatic carbocycles. The minimum atomic E-state index is 0.623. The molecule has 5 rings (SSSR count). The van der Waals surface area contributed by atoms with Gasteiger partial charge in [-0.15, -0.1) is 10.2 Å². The van der Waals surface area contributed by atoms with E-state index in [1.54, 1.807) is 20.5 Å². The van der Waals surface area contributed by atoms with Crippen LogP contribution in [0.3, 0.4) is 0 Å². The Balaban J connectivity index is 1.36. The molecule has 0 unspecified atom stereocenters. The van der Waals surface area contributed by atoms with Crippen LogP contribution in [-0.2, 0) is 4.74 Å². The van der Waals surface area contributed by atoms with E-state index in [1.807, 2.05) is 40.8 Å². The van der Waals surface area contributed by atoms with E-state index in [2.05, 4.69) is 20.1 Å². The van der Waals surface area contributed by atoms with Gasteiger partial charge in [0.25, 0.3) is 0 Å². The molecule has 0 amide bonds. The molecule has 3 heterocycles. The van der Waals surface area contributed by atoms with Gasteiger partial charge < -0.3 is 18.9 Å². The lowest BCUT2D eigenvalue weighted by molar-refractivity contribution is 0.0322. The number of aromatic nitrogens is 4. The van der Waals surface area contributed by atoms with Crippen LogP contribution in [0.1, 0.15) is 0 Å². The third kappa shape index (κ3) is 3.92. The predicted octanol–water partition coefficient (Wildman–Crippen LogP) is 2.67. The molecule has 166 valence electrons. The number of rotatable bonds is 7. The summed E-state index contributed by atoms with van der Waals surface area (Å²) < 4.78 is 24.0. The van der Waals surface area contributed by atoms with Crippen LogP contribution in [0.2, 0.25) is 0 Å². The number of hydrogen-bond acceptors (Lipinski definition) is 8. The van der Waals surface area contributed by atoms with E-state index in [0.717, 1.165) is 55.1 Å². The number of benzene rings is 2. The molecular formula is C23H25N5O4. The number of ether oxygens (including phenoxy) is 4. The van der Waals surface area contributed by atoms with Crippen molar-refractivity contribution in [3.05, 3.63) is 42.7 Å². The quantitative estimate of drug-likeness (QED) is 0.438. The molecule has 1 aliphatic rings. The van der Waals surface area contributed by atoms with E-state index in [0.29, 0.717) is 29.6 Å². The lowest BCUT2D eigenvalue weighted by atomic mass is 10.2. The highest BCUT2D eigenvalue weighted by Crippen LogP contribution is 2.33. The topological polar surface area (TPSA) is 83.2 Å². The Morgan fingerprint density at radius 1 is 0.969 bits per heavy atom. The largest absolute Gasteiger partial charge is 0.493 e. The lowest BCUT2D eigenvalue weighted by Gasteiger charge is -2.26. The average molecular weight is 435 g/mol. The maximum atomic E-state index is 5.91. The van der Waals surface area contributed by atoms with Crippen molar-refractivity contribution >= 4 is 16.6 Å². The van der Waals surface area contributed by atoms with Gasteiger partial charge in [-0.2, -0.15) is 0 Å². The van der Waals surface area contributed by atoms with Crippen LogP contribution < -0.4 is 14.2 Å². The Hall–Kier alpha value is -3.43. The maximum absolute atomic E-state index is 5.91. The van der Waals surface area contributed by atoms with Crippen molar-refractivity contribution in [3.8, 4) is 28.6 Å². The first kappa shape index (κ1) is 20.5. The van der Waals surface area contributed by atoms with Gasteiger partial charge in [0.05, 0.1) is 33.0 Å². The first-order chi connectivity index (χ1) is 15.8. The van der Waals surface area contributed by atoms with Crippen molar-refractivity contribution in [3.63, 3.8) is 0 Å². The summed E-state index contributed by atoms with van der Waals surface area (Å²) in [6, 6.07) is 11.6. The first-order valence-electron chi connectivity index (χ1n) is 10.6. The highest BCUT2D eigenvalue weighted by molar-refractivity contribution is 5.94. The molecule has 1 fully saturated rings. The summed E-state index contributed by atoms with van der Waals surface area (Å²) in [5.74, 6) is 2.79. The summed E-state index contributed by atoms with van der Waals surface area (Å²) in [6.07, 6.45) is 1.73. The second-order valence-corrected chi connectivity index (χ2v) is 7.51. The molecule has 0 spiro atoms. The van der Waals surface area contributed by atoms with Crippen LogP contribution in [0.5, 0.6) is 17.2 Å². The molecule has 2 aromatic heterocycles. The Morgan fingerprint density at radius 2 is 1.72 bits per heavy atom. The average Bonchev–Trinajstić information content (AvgIpc) is 3.29. The molecule has 2 aromatic carbocycles. The van der Waals surface area contributed by atoms with E-state index in [1.165, 1.54) is 0 Å². The standard InChI is InChI=1S/C23H25N5O4/c1-29-20-13-18-19(14-21(20)30-2)24-15-28-22(25-26-23(18)28)16-3-5-17(6-4-16)32-12-9-27-7-10-31-11-8-27/h3-6,13-15H,7-12H2,1-2H3. The molecular weight excluding hydrogens is 410 g/mol. The van der Waals surface area contributed by atoms with Crippen LogP contribution in [0, 0.1) is 0 Å². The number of fused-ring (bicyclic) bond motifs is 3. The third-order valence-corrected chi connectivity index (χ3v) is 5.64. The molecule has 9 nitrogen and oxygen atoms in total. The van der Waals surface area contributed by atoms with Crippen LogP contribution in [0.15, 0.2) is 42.7 Å². The second kappa shape index (κ2) is 8.97. The van der Waals surface area contributed by atoms with Gasteiger partial charge in [0.1, 0.15) is 18.7 Å². The zero-order chi connectivity index (χ0) is 21.9. The molecule has 9 heteroatoms. The number of methoxy groups -OCH3 is 2. The molecule has 0 saturated carbocycles. The van der Waals surface area contributed by atoms with Gasteiger partial charge in [-0.05, 0) is 30.3 Å². The van der Waals surface area contributed by atoms with Crippen LogP contribution >= 0.6 is 0 Å². The molecule has 4 aromatic rings. The van der Waals surface area contributed by atoms with Crippen molar-refractivity contribution in [2.75, 3.05) is 53.7 Å². The molecule has 0 radical (unpaired) electrons. The van der Waals surface area contributed by atoms with Gasteiger partial charge in [-0.3, -0.25) is 9.30 Å². The number of nitrogens with zero attached hydrogens (tertiary/aromatic N) is 5. The molecule has 32 heavy (non-hydrogen) atoms. The van der Waals surface area contributed by atoms with Gasteiger partial charge in [0.2, 0.25) is 0 Å². The zero-order valence-electron chi connectivity index (χ0n) is 18.2. The van der Waals surface area contributed by atoms with Crippen molar-refractivity contribution in [1.82, 2.24) is 24.5 Å². The number of hydrogen-bond donors (Lipinski definition) is 0. The minimum Gasteiger partial charge on any atom is -0.493 e. The van der Waals surface area contributed by atoms with Gasteiger partial charge in [-0.1, -0.05) is 0 Å². The summed E-state index contributed by atoms with van der Waals surface area (Å²) in [6.45, 7) is 5.06. The molecule has 0 bridgehead atoms. The predicted molar refractivity (Wildman–Crippen MR) is 120 cm³/mol. The van der Waals surface area contributed by atoms with E-state index in [4.69, 9.17) is 18.9 Å². The van der Waals surface area contributed by atoms with Crippen LogP contribution in [0.4, 0.5) is 0 Å². The minimum absolute atomic E-state index is 0.623. The van der Waals surface area contributed by atoms with Gasteiger partial charge in [0, 0.05) is 36.7 Å². The van der Waals surface area contributed by atoms with Crippen molar-refractivity contribution in [2.45, 2.75) is 0 Å². The summed E-state index contributed by atoms with van der Waals surface area (Å²) in [4.78, 5) is 6.91. The van der Waals surface area contributed by atoms with E-state index in [-0.39, 0.29) is 0 Å². The normalized spacial score (nSPS) is 14.7. The Kier molecular flexibility index (Phi) is 5.74. The van der Waals surface area contributed by atoms with E-state index in [9.17, 15) is 0 Å². The van der Waals surface area contributed by atoms with Crippen molar-refractivity contribution in [2.24, 2.45) is 0 Å². The summed E-state index contributed by atoms with van der Waals surface area (Å²) in [5.41, 5.74) is 2.40. The third-order valence-electron chi connectivity index (χ3n) is 5.64. The molecule has 0 N–H and O–H groups in total. The van der Waals surface area contributed by atoms with Crippen LogP contribution in [0.25, 0.3) is 27.9 Å². The van der Waals surface area contributed by atoms with Crippen molar-refractivity contribution < 1.29 is 18.9 Å². The highest BCUT2D eigenvalue weighted by Gasteiger charge is 2.15. The maximum Gasteiger partial charge on any atom is 0.171 e. The van der Waals surface area contributed by atoms with Gasteiger partial charge in [-0.25, -0.2) is 4.98 Å². The monoisotopic (exact) mass is 435 g/mol. The molecule has 1 aliphatic heterocycles. The summed E-state index contributed by atoms with van der Waals surface area (Å²) >= 11 is 0. The van der Waals surface area contributed by atoms with Gasteiger partial charge in [0.15, 0.2) is 23.0 Å². The zero-order valence-corrected chi connectivity index (χ0v) is 18.2. The van der Waals surface area contributed by atoms with E-state index >= 15 is 0 Å².